The SMILES string of the molecule is CC(=O)CC1CCCN1c1ccc(Cc2ccccc2Cl)cc1. The number of Topliss-reactive ketones (excluding diaryl/α,β-unsaturated/α-hetero) is 1. The van der Waals surface area contributed by atoms with Crippen LogP contribution in [0.2, 0.25) is 5.02 Å². The van der Waals surface area contributed by atoms with Gasteiger partial charge in [-0.2, -0.15) is 0 Å². The first-order valence-electron chi connectivity index (χ1n) is 8.22. The van der Waals surface area contributed by atoms with Gasteiger partial charge in [-0.3, -0.25) is 4.79 Å². The minimum absolute atomic E-state index is 0.275. The van der Waals surface area contributed by atoms with Gasteiger partial charge >= 0.3 is 0 Å². The standard InChI is InChI=1S/C20H22ClNO/c1-15(23)13-19-6-4-12-22(19)18-10-8-16(9-11-18)14-17-5-2-3-7-20(17)21/h2-3,5,7-11,19H,4,6,12-14H2,1H3. The van der Waals surface area contributed by atoms with E-state index in [1.807, 2.05) is 18.2 Å². The molecule has 0 amide bonds. The summed E-state index contributed by atoms with van der Waals surface area (Å²) in [5.74, 6) is 0.275. The Hall–Kier alpha value is -1.80. The molecule has 0 spiro atoms. The van der Waals surface area contributed by atoms with Crippen LogP contribution in [0, 0.1) is 0 Å². The van der Waals surface area contributed by atoms with Gasteiger partial charge in [0.05, 0.1) is 0 Å². The van der Waals surface area contributed by atoms with E-state index in [0.717, 1.165) is 30.0 Å². The number of carbonyl (C=O) groups is 1. The van der Waals surface area contributed by atoms with Crippen LogP contribution >= 0.6 is 11.6 Å². The molecule has 0 saturated carbocycles. The zero-order valence-electron chi connectivity index (χ0n) is 13.5. The molecule has 0 N–H and O–H groups in total. The number of hydrogen-bond acceptors (Lipinski definition) is 2. The van der Waals surface area contributed by atoms with Crippen LogP contribution in [0.3, 0.4) is 0 Å². The van der Waals surface area contributed by atoms with Gasteiger partial charge < -0.3 is 4.90 Å². The quantitative estimate of drug-likeness (QED) is 0.780. The van der Waals surface area contributed by atoms with E-state index < -0.39 is 0 Å². The average molecular weight is 328 g/mol. The van der Waals surface area contributed by atoms with Crippen molar-refractivity contribution in [1.29, 1.82) is 0 Å². The Morgan fingerprint density at radius 1 is 1.17 bits per heavy atom. The zero-order valence-corrected chi connectivity index (χ0v) is 14.2. The normalized spacial score (nSPS) is 17.5. The van der Waals surface area contributed by atoms with Crippen LogP contribution in [0.15, 0.2) is 48.5 Å². The maximum Gasteiger partial charge on any atom is 0.131 e. The molecule has 120 valence electrons. The zero-order chi connectivity index (χ0) is 16.2. The Kier molecular flexibility index (Phi) is 5.02. The van der Waals surface area contributed by atoms with Gasteiger partial charge in [0.1, 0.15) is 5.78 Å². The van der Waals surface area contributed by atoms with E-state index in [0.29, 0.717) is 12.5 Å². The molecule has 23 heavy (non-hydrogen) atoms. The van der Waals surface area contributed by atoms with Gasteiger partial charge in [-0.1, -0.05) is 41.9 Å². The third kappa shape index (κ3) is 3.94. The van der Waals surface area contributed by atoms with Gasteiger partial charge in [-0.15, -0.1) is 0 Å². The van der Waals surface area contributed by atoms with Crippen molar-refractivity contribution in [2.45, 2.75) is 38.6 Å². The summed E-state index contributed by atoms with van der Waals surface area (Å²) in [5.41, 5.74) is 3.62. The van der Waals surface area contributed by atoms with Crippen molar-refractivity contribution in [2.24, 2.45) is 0 Å². The molecule has 1 fully saturated rings. The molecule has 3 rings (SSSR count). The summed E-state index contributed by atoms with van der Waals surface area (Å²) < 4.78 is 0. The lowest BCUT2D eigenvalue weighted by atomic mass is 10.0. The summed E-state index contributed by atoms with van der Waals surface area (Å²) >= 11 is 6.24. The highest BCUT2D eigenvalue weighted by atomic mass is 35.5. The van der Waals surface area contributed by atoms with Crippen molar-refractivity contribution in [1.82, 2.24) is 0 Å². The molecule has 1 atom stereocenters. The van der Waals surface area contributed by atoms with Crippen molar-refractivity contribution in [3.05, 3.63) is 64.7 Å². The predicted octanol–water partition coefficient (Wildman–Crippen LogP) is 4.88. The molecule has 3 heteroatoms. The summed E-state index contributed by atoms with van der Waals surface area (Å²) in [4.78, 5) is 13.8. The van der Waals surface area contributed by atoms with Gasteiger partial charge in [-0.05, 0) is 55.5 Å². The number of carbonyl (C=O) groups excluding carboxylic acids is 1. The van der Waals surface area contributed by atoms with Crippen LogP contribution < -0.4 is 4.90 Å². The van der Waals surface area contributed by atoms with Gasteiger partial charge in [0, 0.05) is 29.7 Å². The van der Waals surface area contributed by atoms with Crippen LogP contribution in [0.4, 0.5) is 5.69 Å². The number of halogens is 1. The molecule has 2 aromatic rings. The largest absolute Gasteiger partial charge is 0.368 e. The van der Waals surface area contributed by atoms with Crippen molar-refractivity contribution in [3.63, 3.8) is 0 Å². The van der Waals surface area contributed by atoms with E-state index in [1.165, 1.54) is 17.7 Å². The second kappa shape index (κ2) is 7.18. The predicted molar refractivity (Wildman–Crippen MR) is 96.4 cm³/mol. The maximum atomic E-state index is 11.4. The highest BCUT2D eigenvalue weighted by molar-refractivity contribution is 6.31. The highest BCUT2D eigenvalue weighted by Crippen LogP contribution is 2.28. The van der Waals surface area contributed by atoms with Gasteiger partial charge in [0.2, 0.25) is 0 Å². The second-order valence-electron chi connectivity index (χ2n) is 6.33. The first kappa shape index (κ1) is 16.1. The number of benzene rings is 2. The van der Waals surface area contributed by atoms with Crippen molar-refractivity contribution in [3.8, 4) is 0 Å². The molecular weight excluding hydrogens is 306 g/mol. The summed E-state index contributed by atoms with van der Waals surface area (Å²) in [6.07, 6.45) is 3.78. The van der Waals surface area contributed by atoms with Crippen LogP contribution in [0.5, 0.6) is 0 Å². The van der Waals surface area contributed by atoms with Crippen molar-refractivity contribution in [2.75, 3.05) is 11.4 Å². The highest BCUT2D eigenvalue weighted by Gasteiger charge is 2.25. The lowest BCUT2D eigenvalue weighted by Crippen LogP contribution is -2.30. The number of anilines is 1. The number of ketones is 1. The lowest BCUT2D eigenvalue weighted by molar-refractivity contribution is -0.117. The molecule has 1 aliphatic heterocycles. The Morgan fingerprint density at radius 2 is 1.91 bits per heavy atom. The Labute approximate surface area is 143 Å². The fraction of sp³-hybridized carbons (Fsp3) is 0.350. The third-order valence-corrected chi connectivity index (χ3v) is 4.89. The molecular formula is C20H22ClNO. The van der Waals surface area contributed by atoms with E-state index in [9.17, 15) is 4.79 Å². The number of hydrogen-bond donors (Lipinski definition) is 0. The Balaban J connectivity index is 1.72. The molecule has 0 aliphatic carbocycles. The minimum atomic E-state index is 0.275. The first-order valence-corrected chi connectivity index (χ1v) is 8.59. The maximum absolute atomic E-state index is 11.4. The molecule has 0 aromatic heterocycles. The Bertz CT molecular complexity index is 680. The smallest absolute Gasteiger partial charge is 0.131 e. The fourth-order valence-electron chi connectivity index (χ4n) is 3.39. The van der Waals surface area contributed by atoms with Crippen molar-refractivity contribution < 1.29 is 4.79 Å². The number of nitrogens with zero attached hydrogens (tertiary/aromatic N) is 1. The first-order chi connectivity index (χ1) is 11.1. The van der Waals surface area contributed by atoms with Gasteiger partial charge in [-0.25, -0.2) is 0 Å². The van der Waals surface area contributed by atoms with Crippen LogP contribution in [-0.2, 0) is 11.2 Å². The molecule has 2 aromatic carbocycles. The molecule has 0 bridgehead atoms. The van der Waals surface area contributed by atoms with Crippen LogP contribution in [0.25, 0.3) is 0 Å². The van der Waals surface area contributed by atoms with E-state index in [-0.39, 0.29) is 5.78 Å². The summed E-state index contributed by atoms with van der Waals surface area (Å²) in [6.45, 7) is 2.73. The third-order valence-electron chi connectivity index (χ3n) is 4.52. The minimum Gasteiger partial charge on any atom is -0.368 e. The molecule has 1 unspecified atom stereocenters. The lowest BCUT2D eigenvalue weighted by Gasteiger charge is -2.26. The van der Waals surface area contributed by atoms with Crippen LogP contribution in [-0.4, -0.2) is 18.4 Å². The molecule has 0 radical (unpaired) electrons. The topological polar surface area (TPSA) is 20.3 Å². The molecule has 1 aliphatic rings. The van der Waals surface area contributed by atoms with Crippen LogP contribution in [0.1, 0.15) is 37.3 Å². The molecule has 2 nitrogen and oxygen atoms in total. The monoisotopic (exact) mass is 327 g/mol. The number of rotatable bonds is 5. The van der Waals surface area contributed by atoms with E-state index in [4.69, 9.17) is 11.6 Å². The van der Waals surface area contributed by atoms with E-state index in [2.05, 4.69) is 35.2 Å². The van der Waals surface area contributed by atoms with Gasteiger partial charge in [0.15, 0.2) is 0 Å². The summed E-state index contributed by atoms with van der Waals surface area (Å²) in [7, 11) is 0. The average Bonchev–Trinajstić information content (AvgIpc) is 2.98. The summed E-state index contributed by atoms with van der Waals surface area (Å²) in [6, 6.07) is 17.0. The fourth-order valence-corrected chi connectivity index (χ4v) is 3.59. The van der Waals surface area contributed by atoms with Gasteiger partial charge in [0.25, 0.3) is 0 Å². The Morgan fingerprint density at radius 3 is 2.61 bits per heavy atom. The van der Waals surface area contributed by atoms with Crippen molar-refractivity contribution >= 4 is 23.1 Å². The second-order valence-corrected chi connectivity index (χ2v) is 6.74. The van der Waals surface area contributed by atoms with E-state index >= 15 is 0 Å². The summed E-state index contributed by atoms with van der Waals surface area (Å²) in [5, 5.41) is 0.817. The van der Waals surface area contributed by atoms with E-state index in [1.54, 1.807) is 6.92 Å². The molecule has 1 heterocycles. The molecule has 1 saturated heterocycles.